The maximum Gasteiger partial charge on any atom is 0.315 e. The van der Waals surface area contributed by atoms with Crippen LogP contribution in [0.3, 0.4) is 0 Å². The average molecular weight is 319 g/mol. The standard InChI is InChI=1S/C18H29N3O2/c1-21(2)13-15-10-8-14(9-11-15)12-19-18(22)20-16-6-4-5-7-17(16)23-3/h8-11,16-17H,4-7,12-13H2,1-3H3,(H2,19,20,22)/t16-,17+/m0/s1. The molecule has 2 atom stereocenters. The number of carbonyl (C=O) groups is 1. The fourth-order valence-electron chi connectivity index (χ4n) is 3.07. The van der Waals surface area contributed by atoms with Gasteiger partial charge in [0.25, 0.3) is 0 Å². The summed E-state index contributed by atoms with van der Waals surface area (Å²) in [5.74, 6) is 0. The van der Waals surface area contributed by atoms with Crippen LogP contribution in [0.5, 0.6) is 0 Å². The Morgan fingerprint density at radius 3 is 2.48 bits per heavy atom. The predicted molar refractivity (Wildman–Crippen MR) is 92.3 cm³/mol. The Labute approximate surface area is 139 Å². The normalized spacial score (nSPS) is 21.2. The molecule has 2 amide bonds. The Morgan fingerprint density at radius 1 is 1.17 bits per heavy atom. The maximum atomic E-state index is 12.1. The third kappa shape index (κ3) is 5.84. The molecular weight excluding hydrogens is 290 g/mol. The van der Waals surface area contributed by atoms with Gasteiger partial charge in [0.05, 0.1) is 12.1 Å². The first-order valence-electron chi connectivity index (χ1n) is 8.38. The molecule has 1 aromatic carbocycles. The average Bonchev–Trinajstić information content (AvgIpc) is 2.54. The van der Waals surface area contributed by atoms with Gasteiger partial charge in [-0.1, -0.05) is 37.1 Å². The van der Waals surface area contributed by atoms with Crippen LogP contribution in [-0.2, 0) is 17.8 Å². The van der Waals surface area contributed by atoms with Crippen LogP contribution in [0.25, 0.3) is 0 Å². The molecule has 0 aliphatic heterocycles. The number of hydrogen-bond donors (Lipinski definition) is 2. The van der Waals surface area contributed by atoms with Gasteiger partial charge in [-0.05, 0) is 38.1 Å². The van der Waals surface area contributed by atoms with Crippen LogP contribution in [0.1, 0.15) is 36.8 Å². The molecule has 1 aromatic rings. The fourth-order valence-corrected chi connectivity index (χ4v) is 3.07. The third-order valence-electron chi connectivity index (χ3n) is 4.30. The highest BCUT2D eigenvalue weighted by molar-refractivity contribution is 5.74. The summed E-state index contributed by atoms with van der Waals surface area (Å²) < 4.78 is 5.47. The highest BCUT2D eigenvalue weighted by atomic mass is 16.5. The van der Waals surface area contributed by atoms with E-state index in [1.54, 1.807) is 7.11 Å². The first kappa shape index (κ1) is 17.8. The Kier molecular flexibility index (Phi) is 6.86. The number of urea groups is 1. The van der Waals surface area contributed by atoms with Crippen molar-refractivity contribution in [1.82, 2.24) is 15.5 Å². The topological polar surface area (TPSA) is 53.6 Å². The Hall–Kier alpha value is -1.59. The van der Waals surface area contributed by atoms with Crippen molar-refractivity contribution in [2.24, 2.45) is 0 Å². The van der Waals surface area contributed by atoms with Gasteiger partial charge in [-0.2, -0.15) is 0 Å². The van der Waals surface area contributed by atoms with Gasteiger partial charge in [-0.3, -0.25) is 0 Å². The van der Waals surface area contributed by atoms with Crippen LogP contribution in [0.4, 0.5) is 4.79 Å². The first-order valence-corrected chi connectivity index (χ1v) is 8.38. The molecule has 1 aliphatic rings. The fraction of sp³-hybridized carbons (Fsp3) is 0.611. The van der Waals surface area contributed by atoms with Crippen molar-refractivity contribution in [3.05, 3.63) is 35.4 Å². The van der Waals surface area contributed by atoms with E-state index in [4.69, 9.17) is 4.74 Å². The second-order valence-electron chi connectivity index (χ2n) is 6.55. The van der Waals surface area contributed by atoms with Crippen LogP contribution >= 0.6 is 0 Å². The van der Waals surface area contributed by atoms with Crippen LogP contribution in [-0.4, -0.2) is 44.3 Å². The maximum absolute atomic E-state index is 12.1. The smallest absolute Gasteiger partial charge is 0.315 e. The van der Waals surface area contributed by atoms with Crippen molar-refractivity contribution >= 4 is 6.03 Å². The number of ether oxygens (including phenoxy) is 1. The summed E-state index contributed by atoms with van der Waals surface area (Å²) in [6.07, 6.45) is 4.48. The Balaban J connectivity index is 1.77. The van der Waals surface area contributed by atoms with Gasteiger partial charge < -0.3 is 20.3 Å². The van der Waals surface area contributed by atoms with E-state index in [-0.39, 0.29) is 18.2 Å². The Bertz CT molecular complexity index is 488. The van der Waals surface area contributed by atoms with Crippen molar-refractivity contribution < 1.29 is 9.53 Å². The molecule has 0 bridgehead atoms. The summed E-state index contributed by atoms with van der Waals surface area (Å²) in [6, 6.07) is 8.36. The van der Waals surface area contributed by atoms with Crippen LogP contribution in [0, 0.1) is 0 Å². The van der Waals surface area contributed by atoms with E-state index < -0.39 is 0 Å². The van der Waals surface area contributed by atoms with Crippen molar-refractivity contribution in [3.8, 4) is 0 Å². The van der Waals surface area contributed by atoms with Gasteiger partial charge in [0, 0.05) is 20.2 Å². The zero-order chi connectivity index (χ0) is 16.7. The number of hydrogen-bond acceptors (Lipinski definition) is 3. The number of benzene rings is 1. The van der Waals surface area contributed by atoms with Gasteiger partial charge in [0.2, 0.25) is 0 Å². The number of nitrogens with one attached hydrogen (secondary N) is 2. The van der Waals surface area contributed by atoms with Gasteiger partial charge >= 0.3 is 6.03 Å². The van der Waals surface area contributed by atoms with E-state index >= 15 is 0 Å². The molecule has 0 unspecified atom stereocenters. The number of rotatable bonds is 6. The van der Waals surface area contributed by atoms with Crippen LogP contribution in [0.2, 0.25) is 0 Å². The van der Waals surface area contributed by atoms with Crippen molar-refractivity contribution in [2.75, 3.05) is 21.2 Å². The van der Waals surface area contributed by atoms with E-state index in [1.165, 1.54) is 12.0 Å². The molecular formula is C18H29N3O2. The van der Waals surface area contributed by atoms with Gasteiger partial charge in [-0.15, -0.1) is 0 Å². The molecule has 2 N–H and O–H groups in total. The van der Waals surface area contributed by atoms with Crippen molar-refractivity contribution in [2.45, 2.75) is 50.9 Å². The zero-order valence-electron chi connectivity index (χ0n) is 14.5. The number of nitrogens with zero attached hydrogens (tertiary/aromatic N) is 1. The minimum atomic E-state index is -0.115. The molecule has 5 heteroatoms. The van der Waals surface area contributed by atoms with E-state index in [0.29, 0.717) is 6.54 Å². The van der Waals surface area contributed by atoms with Crippen LogP contribution < -0.4 is 10.6 Å². The highest BCUT2D eigenvalue weighted by Gasteiger charge is 2.26. The summed E-state index contributed by atoms with van der Waals surface area (Å²) in [4.78, 5) is 14.2. The van der Waals surface area contributed by atoms with Gasteiger partial charge in [-0.25, -0.2) is 4.79 Å². The lowest BCUT2D eigenvalue weighted by molar-refractivity contribution is 0.0452. The molecule has 23 heavy (non-hydrogen) atoms. The summed E-state index contributed by atoms with van der Waals surface area (Å²) >= 11 is 0. The number of amides is 2. The predicted octanol–water partition coefficient (Wildman–Crippen LogP) is 2.51. The quantitative estimate of drug-likeness (QED) is 0.847. The molecule has 1 fully saturated rings. The lowest BCUT2D eigenvalue weighted by Gasteiger charge is -2.31. The lowest BCUT2D eigenvalue weighted by Crippen LogP contribution is -2.49. The minimum Gasteiger partial charge on any atom is -0.379 e. The molecule has 0 spiro atoms. The second-order valence-corrected chi connectivity index (χ2v) is 6.55. The van der Waals surface area contributed by atoms with Crippen LogP contribution in [0.15, 0.2) is 24.3 Å². The number of methoxy groups -OCH3 is 1. The summed E-state index contributed by atoms with van der Waals surface area (Å²) in [5.41, 5.74) is 2.38. The number of carbonyl (C=O) groups excluding carboxylic acids is 1. The monoisotopic (exact) mass is 319 g/mol. The van der Waals surface area contributed by atoms with E-state index in [9.17, 15) is 4.79 Å². The van der Waals surface area contributed by atoms with E-state index in [0.717, 1.165) is 31.4 Å². The first-order chi connectivity index (χ1) is 11.1. The van der Waals surface area contributed by atoms with Gasteiger partial charge in [0.15, 0.2) is 0 Å². The van der Waals surface area contributed by atoms with E-state index in [1.807, 2.05) is 0 Å². The molecule has 0 heterocycles. The molecule has 1 aliphatic carbocycles. The molecule has 0 saturated heterocycles. The second kappa shape index (κ2) is 8.89. The van der Waals surface area contributed by atoms with Crippen molar-refractivity contribution in [1.29, 1.82) is 0 Å². The lowest BCUT2D eigenvalue weighted by atomic mass is 9.92. The third-order valence-corrected chi connectivity index (χ3v) is 4.30. The van der Waals surface area contributed by atoms with Gasteiger partial charge in [0.1, 0.15) is 0 Å². The zero-order valence-corrected chi connectivity index (χ0v) is 14.5. The Morgan fingerprint density at radius 2 is 1.83 bits per heavy atom. The summed E-state index contributed by atoms with van der Waals surface area (Å²) in [6.45, 7) is 1.47. The SMILES string of the molecule is CO[C@@H]1CCCC[C@@H]1NC(=O)NCc1ccc(CN(C)C)cc1. The molecule has 5 nitrogen and oxygen atoms in total. The molecule has 128 valence electrons. The van der Waals surface area contributed by atoms with E-state index in [2.05, 4.69) is 53.9 Å². The molecule has 0 aromatic heterocycles. The molecule has 1 saturated carbocycles. The summed E-state index contributed by atoms with van der Waals surface area (Å²) in [7, 11) is 5.83. The highest BCUT2D eigenvalue weighted by Crippen LogP contribution is 2.20. The summed E-state index contributed by atoms with van der Waals surface area (Å²) in [5, 5.41) is 5.98. The largest absolute Gasteiger partial charge is 0.379 e. The molecule has 2 rings (SSSR count). The molecule has 0 radical (unpaired) electrons. The minimum absolute atomic E-state index is 0.115. The van der Waals surface area contributed by atoms with Crippen molar-refractivity contribution in [3.63, 3.8) is 0 Å².